The lowest BCUT2D eigenvalue weighted by Gasteiger charge is -2.30. The van der Waals surface area contributed by atoms with Crippen LogP contribution in [-0.2, 0) is 86.3 Å². The Bertz CT molecular complexity index is 3280. The third kappa shape index (κ3) is 20.8. The SMILES string of the molecule is C[C@H](N)C(=O)N[C@@H](C)C(=O)N1CCC[C@H]1C(=O)N[C@@H](C)C(=O)N[C@@H](C)C(=O)N1CCC[C@H]1C(=O)N[C@@H](C)C(=O)N[C@@H](C)C(=O)N1CCC[C@H]1C(=O)N[C@@H](C)C(=O)N[C@@H](C)C(=O)N1CCC[C@H]1C(=O)N[C@@H](C)C(=O)N[C@@H](C)C(=O)N1CCC[C@H]1C(=O)N[C@@H](C)C(=O)N[C@@H](C)C(=O)N1CCC[C@H]1C(=O)O. The first-order valence-corrected chi connectivity index (χ1v) is 35.5. The molecule has 37 nitrogen and oxygen atoms in total. The molecule has 17 amide bonds. The van der Waals surface area contributed by atoms with Crippen LogP contribution < -0.4 is 64.2 Å². The molecule has 6 heterocycles. The van der Waals surface area contributed by atoms with Crippen LogP contribution in [0.1, 0.15) is 160 Å². The number of carbonyl (C=O) groups is 18. The summed E-state index contributed by atoms with van der Waals surface area (Å²) >= 11 is 0. The third-order valence-electron chi connectivity index (χ3n) is 19.6. The van der Waals surface area contributed by atoms with Gasteiger partial charge in [0.1, 0.15) is 103 Å². The normalized spacial score (nSPS) is 23.6. The van der Waals surface area contributed by atoms with Crippen LogP contribution >= 0.6 is 0 Å². The molecule has 14 N–H and O–H groups in total. The van der Waals surface area contributed by atoms with Crippen LogP contribution in [0.2, 0.25) is 0 Å². The van der Waals surface area contributed by atoms with E-state index in [1.165, 1.54) is 112 Å². The Morgan fingerprint density at radius 3 is 0.573 bits per heavy atom. The summed E-state index contributed by atoms with van der Waals surface area (Å²) in [6.07, 6.45) is 4.12. The number of hydrogen-bond acceptors (Lipinski definition) is 19. The summed E-state index contributed by atoms with van der Waals surface area (Å²) in [5.41, 5.74) is 5.61. The van der Waals surface area contributed by atoms with E-state index in [9.17, 15) is 91.4 Å². The molecule has 6 aliphatic heterocycles. The van der Waals surface area contributed by atoms with E-state index < -0.39 is 215 Å². The van der Waals surface area contributed by atoms with E-state index in [0.717, 1.165) is 0 Å². The molecule has 0 aliphatic carbocycles. The predicted molar refractivity (Wildman–Crippen MR) is 363 cm³/mol. The Kier molecular flexibility index (Phi) is 29.2. The largest absolute Gasteiger partial charge is 0.480 e. The summed E-state index contributed by atoms with van der Waals surface area (Å²) in [5.74, 6) is -12.3. The number of amides is 17. The zero-order valence-corrected chi connectivity index (χ0v) is 60.7. The van der Waals surface area contributed by atoms with Gasteiger partial charge in [0.2, 0.25) is 100 Å². The maximum atomic E-state index is 13.9. The molecule has 6 fully saturated rings. The van der Waals surface area contributed by atoms with Crippen molar-refractivity contribution in [2.45, 2.75) is 269 Å². The highest BCUT2D eigenvalue weighted by Crippen LogP contribution is 2.25. The lowest BCUT2D eigenvalue weighted by molar-refractivity contribution is -0.149. The molecule has 0 saturated carbocycles. The van der Waals surface area contributed by atoms with Gasteiger partial charge < -0.3 is 98.7 Å². The average Bonchev–Trinajstić information content (AvgIpc) is 1.77. The highest BCUT2D eigenvalue weighted by Gasteiger charge is 2.45. The highest BCUT2D eigenvalue weighted by molar-refractivity contribution is 6.01. The van der Waals surface area contributed by atoms with E-state index in [-0.39, 0.29) is 71.4 Å². The first kappa shape index (κ1) is 82.4. The van der Waals surface area contributed by atoms with Gasteiger partial charge in [-0.05, 0) is 160 Å². The molecule has 6 rings (SSSR count). The molecule has 0 aromatic rings. The van der Waals surface area contributed by atoms with E-state index in [1.807, 2.05) is 0 Å². The number of aliphatic carboxylic acids is 1. The first-order valence-electron chi connectivity index (χ1n) is 35.5. The molecule has 6 aliphatic rings. The van der Waals surface area contributed by atoms with Gasteiger partial charge in [-0.2, -0.15) is 0 Å². The van der Waals surface area contributed by atoms with Crippen LogP contribution in [0.4, 0.5) is 0 Å². The zero-order valence-electron chi connectivity index (χ0n) is 60.7. The van der Waals surface area contributed by atoms with Crippen molar-refractivity contribution in [2.24, 2.45) is 5.73 Å². The fourth-order valence-electron chi connectivity index (χ4n) is 13.6. The molecule has 103 heavy (non-hydrogen) atoms. The molecule has 572 valence electrons. The molecular formula is C66H104N18O19. The lowest BCUT2D eigenvalue weighted by Crippen LogP contribution is -2.59. The van der Waals surface area contributed by atoms with Crippen molar-refractivity contribution in [3.05, 3.63) is 0 Å². The Labute approximate surface area is 597 Å². The summed E-state index contributed by atoms with van der Waals surface area (Å²) in [7, 11) is 0. The maximum Gasteiger partial charge on any atom is 0.326 e. The molecule has 0 aromatic heterocycles. The Morgan fingerprint density at radius 1 is 0.252 bits per heavy atom. The van der Waals surface area contributed by atoms with Crippen molar-refractivity contribution in [1.29, 1.82) is 0 Å². The van der Waals surface area contributed by atoms with Gasteiger partial charge in [0.15, 0.2) is 0 Å². The molecule has 37 heteroatoms. The lowest BCUT2D eigenvalue weighted by atomic mass is 10.1. The zero-order chi connectivity index (χ0) is 76.8. The maximum absolute atomic E-state index is 13.9. The summed E-state index contributed by atoms with van der Waals surface area (Å²) < 4.78 is 0. The van der Waals surface area contributed by atoms with Crippen molar-refractivity contribution in [3.8, 4) is 0 Å². The number of hydrogen-bond donors (Lipinski definition) is 13. The van der Waals surface area contributed by atoms with Crippen molar-refractivity contribution < 1.29 is 91.4 Å². The topological polar surface area (TPSA) is 505 Å². The number of nitrogens with one attached hydrogen (secondary N) is 11. The van der Waals surface area contributed by atoms with Crippen LogP contribution in [0.5, 0.6) is 0 Å². The van der Waals surface area contributed by atoms with Crippen molar-refractivity contribution in [1.82, 2.24) is 87.9 Å². The fraction of sp³-hybridized carbons (Fsp3) is 0.727. The minimum atomic E-state index is -1.24. The van der Waals surface area contributed by atoms with Crippen LogP contribution in [0.3, 0.4) is 0 Å². The second kappa shape index (κ2) is 36.5. The van der Waals surface area contributed by atoms with Gasteiger partial charge in [-0.3, -0.25) is 81.5 Å². The number of carbonyl (C=O) groups excluding carboxylic acids is 17. The highest BCUT2D eigenvalue weighted by atomic mass is 16.4. The molecule has 0 bridgehead atoms. The number of carboxylic acid groups (broad SMARTS) is 1. The summed E-state index contributed by atoms with van der Waals surface area (Å²) in [4.78, 5) is 247. The molecule has 0 spiro atoms. The van der Waals surface area contributed by atoms with Crippen molar-refractivity contribution in [3.63, 3.8) is 0 Å². The Hall–Kier alpha value is -9.58. The van der Waals surface area contributed by atoms with Crippen molar-refractivity contribution in [2.75, 3.05) is 39.3 Å². The van der Waals surface area contributed by atoms with Gasteiger partial charge in [0, 0.05) is 39.3 Å². The van der Waals surface area contributed by atoms with E-state index in [1.54, 1.807) is 0 Å². The minimum absolute atomic E-state index is 0.125. The van der Waals surface area contributed by atoms with Gasteiger partial charge in [-0.25, -0.2) is 4.79 Å². The van der Waals surface area contributed by atoms with Crippen LogP contribution in [0, 0.1) is 0 Å². The summed E-state index contributed by atoms with van der Waals surface area (Å²) in [6, 6.07) is -19.7. The second-order valence-corrected chi connectivity index (χ2v) is 27.8. The van der Waals surface area contributed by atoms with E-state index in [2.05, 4.69) is 58.5 Å². The van der Waals surface area contributed by atoms with Gasteiger partial charge in [-0.15, -0.1) is 0 Å². The molecule has 0 aromatic carbocycles. The van der Waals surface area contributed by atoms with Gasteiger partial charge in [-0.1, -0.05) is 0 Å². The molecule has 0 unspecified atom stereocenters. The number of likely N-dealkylation sites (tertiary alicyclic amines) is 6. The summed E-state index contributed by atoms with van der Waals surface area (Å²) in [6.45, 7) is 17.9. The van der Waals surface area contributed by atoms with Gasteiger partial charge in [0.05, 0.1) is 6.04 Å². The van der Waals surface area contributed by atoms with Gasteiger partial charge >= 0.3 is 5.97 Å². The first-order chi connectivity index (χ1) is 48.4. The minimum Gasteiger partial charge on any atom is -0.480 e. The second-order valence-electron chi connectivity index (χ2n) is 27.8. The monoisotopic (exact) mass is 1450 g/mol. The number of nitrogens with two attached hydrogens (primary N) is 1. The van der Waals surface area contributed by atoms with Crippen LogP contribution in [0.25, 0.3) is 0 Å². The average molecular weight is 1450 g/mol. The smallest absolute Gasteiger partial charge is 0.326 e. The standard InChI is InChI=1S/C66H104N18O19/c1-31(67)49(85)73-37(7)60(96)79-25-13-19-43(79)55(91)68-32(2)50(86)74-38(8)61(97)80-26-14-20-44(80)56(92)69-33(3)51(87)75-39(9)62(98)81-27-15-21-45(81)57(93)70-34(4)52(88)76-40(10)63(99)82-28-16-22-46(82)58(94)71-35(5)53(89)77-41(11)64(100)83-29-17-23-47(83)59(95)72-36(6)54(90)78-42(12)65(101)84-30-18-24-48(84)66(102)103/h31-48H,13-30,67H2,1-12H3,(H,68,91)(H,69,92)(H,70,93)(H,71,94)(H,72,95)(H,73,85)(H,74,86)(H,75,87)(H,76,88)(H,77,89)(H,78,90)(H,102,103)/t31-,32-,33-,34-,35-,36-,37-,38-,39-,40-,41-,42-,43-,44-,45-,46-,47-,48-/m0/s1. The van der Waals surface area contributed by atoms with Gasteiger partial charge in [0.25, 0.3) is 0 Å². The Morgan fingerprint density at radius 2 is 0.408 bits per heavy atom. The van der Waals surface area contributed by atoms with Crippen LogP contribution in [0.15, 0.2) is 0 Å². The molecule has 0 radical (unpaired) electrons. The number of nitrogens with zero attached hydrogens (tertiary/aromatic N) is 6. The van der Waals surface area contributed by atoms with E-state index >= 15 is 0 Å². The van der Waals surface area contributed by atoms with Crippen LogP contribution in [-0.4, -0.2) is 289 Å². The number of carboxylic acids is 1. The quantitative estimate of drug-likeness (QED) is 0.0331. The number of rotatable bonds is 29. The molecular weight excluding hydrogens is 1350 g/mol. The van der Waals surface area contributed by atoms with E-state index in [0.29, 0.717) is 44.9 Å². The molecule has 18 atom stereocenters. The predicted octanol–water partition coefficient (Wildman–Crippen LogP) is -6.08. The fourth-order valence-corrected chi connectivity index (χ4v) is 13.6. The third-order valence-corrected chi connectivity index (χ3v) is 19.6. The van der Waals surface area contributed by atoms with E-state index in [4.69, 9.17) is 5.73 Å². The Balaban J connectivity index is 0.900. The van der Waals surface area contributed by atoms with Crippen molar-refractivity contribution >= 4 is 106 Å². The summed E-state index contributed by atoms with van der Waals surface area (Å²) in [5, 5.41) is 37.7. The molecule has 6 saturated heterocycles.